The molecule has 0 spiro atoms. The first-order chi connectivity index (χ1) is 17.1. The first-order valence-corrected chi connectivity index (χ1v) is 14.3. The van der Waals surface area contributed by atoms with Crippen LogP contribution in [0.2, 0.25) is 5.02 Å². The van der Waals surface area contributed by atoms with Gasteiger partial charge in [0.1, 0.15) is 11.8 Å². The maximum Gasteiger partial charge on any atom is 0.242 e. The second-order valence-corrected chi connectivity index (χ2v) is 10.8. The summed E-state index contributed by atoms with van der Waals surface area (Å²) < 4.78 is 31.4. The molecule has 0 fully saturated rings. The molecule has 0 aromatic heterocycles. The van der Waals surface area contributed by atoms with Crippen LogP contribution in [0.5, 0.6) is 5.75 Å². The number of halogens is 1. The lowest BCUT2D eigenvalue weighted by Gasteiger charge is -2.31. The number of hydrogen-bond acceptors (Lipinski definition) is 5. The predicted octanol–water partition coefficient (Wildman–Crippen LogP) is 4.23. The molecule has 198 valence electrons. The molecule has 2 aromatic carbocycles. The number of methoxy groups -OCH3 is 1. The van der Waals surface area contributed by atoms with E-state index in [1.54, 1.807) is 36.3 Å². The molecule has 8 nitrogen and oxygen atoms in total. The van der Waals surface area contributed by atoms with Gasteiger partial charge in [-0.3, -0.25) is 13.9 Å². The van der Waals surface area contributed by atoms with E-state index >= 15 is 0 Å². The van der Waals surface area contributed by atoms with Gasteiger partial charge < -0.3 is 15.0 Å². The molecule has 1 N–H and O–H groups in total. The zero-order valence-electron chi connectivity index (χ0n) is 21.4. The van der Waals surface area contributed by atoms with Gasteiger partial charge in [0.25, 0.3) is 0 Å². The number of carbonyl (C=O) groups excluding carboxylic acids is 2. The molecule has 10 heteroatoms. The molecule has 0 bridgehead atoms. The Morgan fingerprint density at radius 3 is 2.39 bits per heavy atom. The van der Waals surface area contributed by atoms with E-state index in [9.17, 15) is 18.0 Å². The summed E-state index contributed by atoms with van der Waals surface area (Å²) in [6.45, 7) is 4.72. The molecule has 0 unspecified atom stereocenters. The summed E-state index contributed by atoms with van der Waals surface area (Å²) in [6.07, 6.45) is 2.74. The fourth-order valence-electron chi connectivity index (χ4n) is 3.86. The fourth-order valence-corrected chi connectivity index (χ4v) is 4.96. The first-order valence-electron chi connectivity index (χ1n) is 12.0. The monoisotopic (exact) mass is 537 g/mol. The molecular weight excluding hydrogens is 502 g/mol. The third-order valence-electron chi connectivity index (χ3n) is 5.69. The van der Waals surface area contributed by atoms with Crippen LogP contribution in [0.1, 0.15) is 45.1 Å². The summed E-state index contributed by atoms with van der Waals surface area (Å²) in [5, 5.41) is 3.39. The molecule has 2 amide bonds. The van der Waals surface area contributed by atoms with Gasteiger partial charge in [0.05, 0.1) is 19.1 Å². The Morgan fingerprint density at radius 2 is 1.81 bits per heavy atom. The van der Waals surface area contributed by atoms with Crippen LogP contribution in [0, 0.1) is 0 Å². The number of benzene rings is 2. The molecule has 1 atom stereocenters. The van der Waals surface area contributed by atoms with Crippen molar-refractivity contribution in [2.45, 2.75) is 52.1 Å². The molecule has 0 heterocycles. The fraction of sp³-hybridized carbons (Fsp3) is 0.462. The highest BCUT2D eigenvalue weighted by molar-refractivity contribution is 7.92. The minimum absolute atomic E-state index is 0.0845. The molecule has 2 aromatic rings. The Labute approximate surface area is 219 Å². The molecule has 0 aliphatic carbocycles. The van der Waals surface area contributed by atoms with Crippen LogP contribution < -0.4 is 14.4 Å². The van der Waals surface area contributed by atoms with Gasteiger partial charge in [-0.2, -0.15) is 0 Å². The van der Waals surface area contributed by atoms with E-state index in [1.807, 2.05) is 38.1 Å². The van der Waals surface area contributed by atoms with Crippen LogP contribution in [-0.2, 0) is 26.2 Å². The average molecular weight is 538 g/mol. The number of anilines is 1. The van der Waals surface area contributed by atoms with E-state index in [1.165, 1.54) is 4.31 Å². The number of hydrogen-bond donors (Lipinski definition) is 1. The second kappa shape index (κ2) is 14.1. The SMILES string of the molecule is CCCNC(=O)[C@H](CC)N(Cc1cccc(OC)c1)C(=O)CCCN(c1ccc(Cl)cc1)S(C)(=O)=O. The summed E-state index contributed by atoms with van der Waals surface area (Å²) in [5.74, 6) is 0.241. The van der Waals surface area contributed by atoms with Crippen molar-refractivity contribution in [3.63, 3.8) is 0 Å². The maximum absolute atomic E-state index is 13.4. The first kappa shape index (κ1) is 29.5. The van der Waals surface area contributed by atoms with Crippen LogP contribution in [0.25, 0.3) is 0 Å². The summed E-state index contributed by atoms with van der Waals surface area (Å²) in [7, 11) is -1.99. The number of ether oxygens (including phenoxy) is 1. The zero-order chi connectivity index (χ0) is 26.7. The van der Waals surface area contributed by atoms with Crippen LogP contribution >= 0.6 is 11.6 Å². The quantitative estimate of drug-likeness (QED) is 0.389. The largest absolute Gasteiger partial charge is 0.497 e. The average Bonchev–Trinajstić information content (AvgIpc) is 2.85. The van der Waals surface area contributed by atoms with E-state index < -0.39 is 16.1 Å². The standard InChI is InChI=1S/C26H36ClN3O5S/c1-5-16-28-26(32)24(6-2)29(19-20-9-7-10-23(18-20)35-3)25(31)11-8-17-30(36(4,33)34)22-14-12-21(27)13-15-22/h7,9-10,12-15,18,24H,5-6,8,11,16-17,19H2,1-4H3,(H,28,32)/t24-/m0/s1. The molecule has 0 saturated heterocycles. The lowest BCUT2D eigenvalue weighted by Crippen LogP contribution is -2.49. The van der Waals surface area contributed by atoms with Gasteiger partial charge in [0, 0.05) is 31.1 Å². The minimum Gasteiger partial charge on any atom is -0.497 e. The third kappa shape index (κ3) is 8.71. The number of rotatable bonds is 14. The van der Waals surface area contributed by atoms with Crippen molar-refractivity contribution in [3.8, 4) is 5.75 Å². The predicted molar refractivity (Wildman–Crippen MR) is 144 cm³/mol. The number of amides is 2. The Hall–Kier alpha value is -2.78. The smallest absolute Gasteiger partial charge is 0.242 e. The molecule has 0 aliphatic rings. The summed E-state index contributed by atoms with van der Waals surface area (Å²) in [5.41, 5.74) is 1.32. The highest BCUT2D eigenvalue weighted by Gasteiger charge is 2.28. The summed E-state index contributed by atoms with van der Waals surface area (Å²) in [6, 6.07) is 13.2. The molecule has 0 radical (unpaired) electrons. The summed E-state index contributed by atoms with van der Waals surface area (Å²) in [4.78, 5) is 27.9. The van der Waals surface area contributed by atoms with Crippen molar-refractivity contribution < 1.29 is 22.7 Å². The molecule has 0 saturated carbocycles. The van der Waals surface area contributed by atoms with Gasteiger partial charge in [-0.05, 0) is 61.2 Å². The van der Waals surface area contributed by atoms with Gasteiger partial charge in [-0.25, -0.2) is 8.42 Å². The number of nitrogens with one attached hydrogen (secondary N) is 1. The van der Waals surface area contributed by atoms with E-state index in [-0.39, 0.29) is 37.7 Å². The van der Waals surface area contributed by atoms with Crippen molar-refractivity contribution in [1.29, 1.82) is 0 Å². The van der Waals surface area contributed by atoms with Crippen LogP contribution in [-0.4, -0.2) is 57.6 Å². The highest BCUT2D eigenvalue weighted by Crippen LogP contribution is 2.22. The lowest BCUT2D eigenvalue weighted by molar-refractivity contribution is -0.141. The van der Waals surface area contributed by atoms with Crippen LogP contribution in [0.15, 0.2) is 48.5 Å². The van der Waals surface area contributed by atoms with E-state index in [0.717, 1.165) is 18.2 Å². The Morgan fingerprint density at radius 1 is 1.11 bits per heavy atom. The maximum atomic E-state index is 13.4. The number of carbonyl (C=O) groups is 2. The van der Waals surface area contributed by atoms with E-state index in [4.69, 9.17) is 16.3 Å². The molecule has 2 rings (SSSR count). The highest BCUT2D eigenvalue weighted by atomic mass is 35.5. The van der Waals surface area contributed by atoms with Gasteiger partial charge in [0.15, 0.2) is 0 Å². The van der Waals surface area contributed by atoms with E-state index in [2.05, 4.69) is 5.32 Å². The minimum atomic E-state index is -3.56. The Kier molecular flexibility index (Phi) is 11.5. The third-order valence-corrected chi connectivity index (χ3v) is 7.14. The van der Waals surface area contributed by atoms with Crippen molar-refractivity contribution in [2.24, 2.45) is 0 Å². The van der Waals surface area contributed by atoms with Crippen molar-refractivity contribution in [1.82, 2.24) is 10.2 Å². The number of nitrogens with zero attached hydrogens (tertiary/aromatic N) is 2. The van der Waals surface area contributed by atoms with Crippen molar-refractivity contribution in [2.75, 3.05) is 30.8 Å². The molecule has 36 heavy (non-hydrogen) atoms. The van der Waals surface area contributed by atoms with Gasteiger partial charge in [0.2, 0.25) is 21.8 Å². The second-order valence-electron chi connectivity index (χ2n) is 8.50. The van der Waals surface area contributed by atoms with Crippen molar-refractivity contribution >= 4 is 39.1 Å². The molecular formula is C26H36ClN3O5S. The zero-order valence-corrected chi connectivity index (χ0v) is 22.9. The number of sulfonamides is 1. The van der Waals surface area contributed by atoms with Gasteiger partial charge in [-0.15, -0.1) is 0 Å². The molecule has 0 aliphatic heterocycles. The Bertz CT molecular complexity index is 1110. The van der Waals surface area contributed by atoms with Gasteiger partial charge in [-0.1, -0.05) is 37.6 Å². The Balaban J connectivity index is 2.21. The topological polar surface area (TPSA) is 96.0 Å². The normalized spacial score (nSPS) is 12.0. The van der Waals surface area contributed by atoms with Gasteiger partial charge >= 0.3 is 0 Å². The lowest BCUT2D eigenvalue weighted by atomic mass is 10.1. The van der Waals surface area contributed by atoms with E-state index in [0.29, 0.717) is 29.4 Å². The summed E-state index contributed by atoms with van der Waals surface area (Å²) >= 11 is 5.94. The van der Waals surface area contributed by atoms with Crippen LogP contribution in [0.3, 0.4) is 0 Å². The van der Waals surface area contributed by atoms with Crippen LogP contribution in [0.4, 0.5) is 5.69 Å². The van der Waals surface area contributed by atoms with Crippen molar-refractivity contribution in [3.05, 3.63) is 59.1 Å².